The summed E-state index contributed by atoms with van der Waals surface area (Å²) in [5, 5.41) is 25.8. The Labute approximate surface area is 209 Å². The van der Waals surface area contributed by atoms with E-state index in [1.807, 2.05) is 6.92 Å². The zero-order chi connectivity index (χ0) is 26.0. The number of halogens is 4. The van der Waals surface area contributed by atoms with Gasteiger partial charge in [0, 0.05) is 24.8 Å². The van der Waals surface area contributed by atoms with Crippen LogP contribution < -0.4 is 31.9 Å². The number of urea groups is 1. The number of nitrogens with zero attached hydrogens (tertiary/aromatic N) is 1. The summed E-state index contributed by atoms with van der Waals surface area (Å²) in [6.45, 7) is 6.96. The predicted octanol–water partition coefficient (Wildman–Crippen LogP) is 2.21. The van der Waals surface area contributed by atoms with Gasteiger partial charge in [-0.1, -0.05) is 19.9 Å². The summed E-state index contributed by atoms with van der Waals surface area (Å²) >= 11 is 5.79. The van der Waals surface area contributed by atoms with E-state index >= 15 is 0 Å². The Hall–Kier alpha value is -2.02. The molecule has 1 heterocycles. The van der Waals surface area contributed by atoms with Crippen LogP contribution in [0.5, 0.6) is 0 Å². The molecule has 7 N–H and O–H groups in total. The Morgan fingerprint density at radius 3 is 2.69 bits per heavy atom. The summed E-state index contributed by atoms with van der Waals surface area (Å²) in [5.41, 5.74) is -0.791. The monoisotopic (exact) mass is 523 g/mol. The van der Waals surface area contributed by atoms with E-state index in [1.165, 1.54) is 6.08 Å². The number of carbonyl (C=O) groups is 1. The maximum absolute atomic E-state index is 13.1. The van der Waals surface area contributed by atoms with Gasteiger partial charge in [-0.3, -0.25) is 15.6 Å². The highest BCUT2D eigenvalue weighted by molar-refractivity contribution is 6.22. The van der Waals surface area contributed by atoms with Crippen LogP contribution in [0.3, 0.4) is 0 Å². The highest BCUT2D eigenvalue weighted by Gasteiger charge is 2.39. The smallest absolute Gasteiger partial charge is 0.395 e. The Balaban J connectivity index is 1.94. The highest BCUT2D eigenvalue weighted by atomic mass is 35.5. The second kappa shape index (κ2) is 13.9. The number of rotatable bonds is 11. The minimum Gasteiger partial charge on any atom is -0.395 e. The molecule has 2 rings (SSSR count). The number of hydrogen-bond donors (Lipinski definition) is 7. The van der Waals surface area contributed by atoms with Crippen LogP contribution in [0, 0.1) is 5.92 Å². The van der Waals surface area contributed by atoms with E-state index in [-0.39, 0.29) is 37.2 Å². The first-order valence-electron chi connectivity index (χ1n) is 11.9. The van der Waals surface area contributed by atoms with Crippen LogP contribution in [0.2, 0.25) is 0 Å². The van der Waals surface area contributed by atoms with Crippen LogP contribution in [-0.4, -0.2) is 66.8 Å². The Morgan fingerprint density at radius 1 is 1.29 bits per heavy atom. The summed E-state index contributed by atoms with van der Waals surface area (Å²) in [5.74, 6) is 1.02. The minimum atomic E-state index is -4.55. The van der Waals surface area contributed by atoms with Gasteiger partial charge in [0.15, 0.2) is 5.96 Å². The molecule has 2 aliphatic rings. The zero-order valence-electron chi connectivity index (χ0n) is 20.3. The first-order valence-corrected chi connectivity index (χ1v) is 12.3. The van der Waals surface area contributed by atoms with E-state index in [9.17, 15) is 18.0 Å². The lowest BCUT2D eigenvalue weighted by Crippen LogP contribution is -2.69. The van der Waals surface area contributed by atoms with Gasteiger partial charge in [0.2, 0.25) is 0 Å². The molecule has 0 aromatic carbocycles. The Kier molecular flexibility index (Phi) is 11.6. The molecular weight excluding hydrogens is 487 g/mol. The summed E-state index contributed by atoms with van der Waals surface area (Å²) in [4.78, 5) is 17.1. The fourth-order valence-corrected chi connectivity index (χ4v) is 3.93. The van der Waals surface area contributed by atoms with Gasteiger partial charge in [-0.05, 0) is 44.6 Å². The molecule has 0 radical (unpaired) electrons. The molecule has 13 heteroatoms. The SMILES string of the molecule is CC(C)CCC(CCN=C1NC(C)NC(NCCO)N1)NC(=O)NC1=CCC(Cl)C(C(F)(F)F)=C1. The highest BCUT2D eigenvalue weighted by Crippen LogP contribution is 2.35. The van der Waals surface area contributed by atoms with Crippen LogP contribution in [-0.2, 0) is 0 Å². The average Bonchev–Trinajstić information content (AvgIpc) is 2.76. The minimum absolute atomic E-state index is 0.0100. The maximum Gasteiger partial charge on any atom is 0.414 e. The topological polar surface area (TPSA) is 122 Å². The van der Waals surface area contributed by atoms with E-state index < -0.39 is 23.2 Å². The van der Waals surface area contributed by atoms with Gasteiger partial charge in [-0.2, -0.15) is 13.2 Å². The molecular formula is C22H37ClF3N7O2. The van der Waals surface area contributed by atoms with Crippen LogP contribution in [0.15, 0.2) is 28.4 Å². The zero-order valence-corrected chi connectivity index (χ0v) is 21.1. The number of nitrogens with one attached hydrogen (secondary N) is 6. The first-order chi connectivity index (χ1) is 16.5. The van der Waals surface area contributed by atoms with E-state index in [0.717, 1.165) is 12.5 Å². The van der Waals surface area contributed by atoms with Crippen LogP contribution in [0.1, 0.15) is 46.5 Å². The van der Waals surface area contributed by atoms with Crippen molar-refractivity contribution in [3.63, 3.8) is 0 Å². The first kappa shape index (κ1) is 29.2. The van der Waals surface area contributed by atoms with Crippen molar-refractivity contribution < 1.29 is 23.1 Å². The van der Waals surface area contributed by atoms with Crippen LogP contribution in [0.4, 0.5) is 18.0 Å². The largest absolute Gasteiger partial charge is 0.414 e. The third kappa shape index (κ3) is 10.6. The van der Waals surface area contributed by atoms with Crippen molar-refractivity contribution in [3.8, 4) is 0 Å². The molecule has 35 heavy (non-hydrogen) atoms. The number of guanidine groups is 1. The maximum atomic E-state index is 13.1. The number of carbonyl (C=O) groups excluding carboxylic acids is 1. The second-order valence-corrected chi connectivity index (χ2v) is 9.56. The number of alkyl halides is 4. The lowest BCUT2D eigenvalue weighted by molar-refractivity contribution is -0.0937. The second-order valence-electron chi connectivity index (χ2n) is 9.03. The third-order valence-corrected chi connectivity index (χ3v) is 5.88. The molecule has 4 atom stereocenters. The lowest BCUT2D eigenvalue weighted by Gasteiger charge is -2.33. The average molecular weight is 524 g/mol. The van der Waals surface area contributed by atoms with Gasteiger partial charge >= 0.3 is 12.2 Å². The van der Waals surface area contributed by atoms with Gasteiger partial charge in [-0.15, -0.1) is 11.6 Å². The summed E-state index contributed by atoms with van der Waals surface area (Å²) in [6.07, 6.45) is -0.354. The molecule has 0 aromatic rings. The molecule has 0 bridgehead atoms. The molecule has 4 unspecified atom stereocenters. The molecule has 1 fully saturated rings. The Morgan fingerprint density at radius 2 is 2.03 bits per heavy atom. The standard InChI is InChI=1S/C22H37ClF3N7O2/c1-13(2)4-5-15(8-9-27-19-29-14(3)30-20(33-19)28-10-11-34)31-21(35)32-16-6-7-18(23)17(12-16)22(24,25)26/h6,12-15,18,20,28,30,34H,4-5,7-11H2,1-3H3,(H2,27,29,33)(H2,31,32,35). The number of aliphatic hydroxyl groups excluding tert-OH is 1. The molecule has 2 amide bonds. The number of aliphatic hydroxyl groups is 1. The molecule has 1 aliphatic heterocycles. The molecule has 200 valence electrons. The normalized spacial score (nSPS) is 24.8. The molecule has 0 spiro atoms. The van der Waals surface area contributed by atoms with Crippen LogP contribution in [0.25, 0.3) is 0 Å². The van der Waals surface area contributed by atoms with Gasteiger partial charge in [0.25, 0.3) is 0 Å². The number of aliphatic imine (C=N–C) groups is 1. The number of hydrogen-bond acceptors (Lipinski definition) is 5. The van der Waals surface area contributed by atoms with Gasteiger partial charge in [-0.25, -0.2) is 4.79 Å². The number of amides is 2. The summed E-state index contributed by atoms with van der Waals surface area (Å²) in [7, 11) is 0. The van der Waals surface area contributed by atoms with Crippen molar-refractivity contribution in [2.45, 2.75) is 76.5 Å². The van der Waals surface area contributed by atoms with Crippen molar-refractivity contribution in [2.75, 3.05) is 19.7 Å². The van der Waals surface area contributed by atoms with Gasteiger partial charge in [0.1, 0.15) is 6.29 Å². The van der Waals surface area contributed by atoms with Crippen molar-refractivity contribution in [1.82, 2.24) is 31.9 Å². The molecule has 9 nitrogen and oxygen atoms in total. The van der Waals surface area contributed by atoms with E-state index in [2.05, 4.69) is 50.7 Å². The quantitative estimate of drug-likeness (QED) is 0.208. The van der Waals surface area contributed by atoms with Crippen molar-refractivity contribution in [2.24, 2.45) is 10.9 Å². The van der Waals surface area contributed by atoms with E-state index in [4.69, 9.17) is 16.7 Å². The van der Waals surface area contributed by atoms with E-state index in [0.29, 0.717) is 37.8 Å². The van der Waals surface area contributed by atoms with Gasteiger partial charge in [0.05, 0.1) is 23.7 Å². The third-order valence-electron chi connectivity index (χ3n) is 5.46. The summed E-state index contributed by atoms with van der Waals surface area (Å²) in [6, 6.07) is -0.774. The molecule has 0 aromatic heterocycles. The molecule has 1 saturated heterocycles. The van der Waals surface area contributed by atoms with Crippen LogP contribution >= 0.6 is 11.6 Å². The summed E-state index contributed by atoms with van der Waals surface area (Å²) < 4.78 is 39.4. The van der Waals surface area contributed by atoms with Crippen molar-refractivity contribution in [1.29, 1.82) is 0 Å². The van der Waals surface area contributed by atoms with Crippen molar-refractivity contribution in [3.05, 3.63) is 23.4 Å². The lowest BCUT2D eigenvalue weighted by atomic mass is 10.0. The van der Waals surface area contributed by atoms with E-state index in [1.54, 1.807) is 0 Å². The molecule has 1 aliphatic carbocycles. The number of allylic oxidation sites excluding steroid dienone is 3. The molecule has 0 saturated carbocycles. The predicted molar refractivity (Wildman–Crippen MR) is 131 cm³/mol. The fraction of sp³-hybridized carbons (Fsp3) is 0.727. The van der Waals surface area contributed by atoms with Crippen molar-refractivity contribution >= 4 is 23.6 Å². The Bertz CT molecular complexity index is 790. The van der Waals surface area contributed by atoms with Gasteiger partial charge < -0.3 is 26.4 Å². The fourth-order valence-electron chi connectivity index (χ4n) is 3.66.